The number of hydrogen-bond donors (Lipinski definition) is 0. The summed E-state index contributed by atoms with van der Waals surface area (Å²) in [5.74, 6) is 0.282. The summed E-state index contributed by atoms with van der Waals surface area (Å²) in [5.41, 5.74) is 1.98. The van der Waals surface area contributed by atoms with Gasteiger partial charge in [0.2, 0.25) is 0 Å². The Morgan fingerprint density at radius 3 is 2.19 bits per heavy atom. The largest absolute Gasteiger partial charge is 0.493 e. The fraction of sp³-hybridized carbons (Fsp3) is 0.130. The van der Waals surface area contributed by atoms with Crippen LogP contribution in [0, 0.1) is 0 Å². The lowest BCUT2D eigenvalue weighted by molar-refractivity contribution is 0.0733. The molecule has 0 unspecified atom stereocenters. The molecule has 0 aliphatic rings. The molecule has 0 amide bonds. The van der Waals surface area contributed by atoms with Crippen molar-refractivity contribution in [2.24, 2.45) is 0 Å². The predicted molar refractivity (Wildman–Crippen MR) is 103 cm³/mol. The maximum Gasteiger partial charge on any atom is 0.343 e. The third kappa shape index (κ3) is 5.05. The van der Waals surface area contributed by atoms with E-state index in [1.54, 1.807) is 48.5 Å². The van der Waals surface area contributed by atoms with Crippen molar-refractivity contribution in [2.45, 2.75) is 13.3 Å². The molecule has 0 fully saturated rings. The van der Waals surface area contributed by atoms with Gasteiger partial charge in [-0.3, -0.25) is 4.79 Å². The molecule has 0 spiro atoms. The Kier molecular flexibility index (Phi) is 6.00. The SMILES string of the molecule is CC(=O)c1ccccc1OC(=O)c1ccc(OCCc2ccccc2)cc1. The van der Waals surface area contributed by atoms with Crippen LogP contribution < -0.4 is 9.47 Å². The average Bonchev–Trinajstić information content (AvgIpc) is 2.69. The number of carbonyl (C=O) groups excluding carboxylic acids is 2. The van der Waals surface area contributed by atoms with Gasteiger partial charge in [-0.2, -0.15) is 0 Å². The lowest BCUT2D eigenvalue weighted by Crippen LogP contribution is -2.11. The molecule has 0 heterocycles. The van der Waals surface area contributed by atoms with E-state index in [-0.39, 0.29) is 11.5 Å². The zero-order valence-electron chi connectivity index (χ0n) is 15.1. The summed E-state index contributed by atoms with van der Waals surface area (Å²) in [5, 5.41) is 0. The number of esters is 1. The zero-order valence-corrected chi connectivity index (χ0v) is 15.1. The highest BCUT2D eigenvalue weighted by Gasteiger charge is 2.13. The minimum absolute atomic E-state index is 0.152. The second-order valence-corrected chi connectivity index (χ2v) is 6.05. The molecular formula is C23H20O4. The fourth-order valence-electron chi connectivity index (χ4n) is 2.62. The first-order valence-electron chi connectivity index (χ1n) is 8.72. The number of carbonyl (C=O) groups is 2. The first-order chi connectivity index (χ1) is 13.1. The Bertz CT molecular complexity index is 915. The van der Waals surface area contributed by atoms with Crippen LogP contribution in [0.3, 0.4) is 0 Å². The van der Waals surface area contributed by atoms with Gasteiger partial charge in [0, 0.05) is 6.42 Å². The highest BCUT2D eigenvalue weighted by molar-refractivity contribution is 5.99. The van der Waals surface area contributed by atoms with Gasteiger partial charge in [0.1, 0.15) is 11.5 Å². The number of benzene rings is 3. The Balaban J connectivity index is 1.58. The summed E-state index contributed by atoms with van der Waals surface area (Å²) in [4.78, 5) is 23.9. The van der Waals surface area contributed by atoms with Gasteiger partial charge in [0.15, 0.2) is 5.78 Å². The van der Waals surface area contributed by atoms with Crippen LogP contribution >= 0.6 is 0 Å². The first-order valence-corrected chi connectivity index (χ1v) is 8.72. The predicted octanol–water partition coefficient (Wildman–Crippen LogP) is 4.73. The summed E-state index contributed by atoms with van der Waals surface area (Å²) in [6.45, 7) is 1.99. The maximum atomic E-state index is 12.3. The average molecular weight is 360 g/mol. The lowest BCUT2D eigenvalue weighted by atomic mass is 10.1. The minimum atomic E-state index is -0.514. The number of ether oxygens (including phenoxy) is 2. The minimum Gasteiger partial charge on any atom is -0.493 e. The van der Waals surface area contributed by atoms with Crippen LogP contribution in [0.4, 0.5) is 0 Å². The summed E-state index contributed by atoms with van der Waals surface area (Å²) in [6.07, 6.45) is 0.812. The Labute approximate surface area is 158 Å². The molecule has 3 aromatic carbocycles. The van der Waals surface area contributed by atoms with Crippen molar-refractivity contribution in [3.63, 3.8) is 0 Å². The summed E-state index contributed by atoms with van der Waals surface area (Å²) >= 11 is 0. The second kappa shape index (κ2) is 8.81. The van der Waals surface area contributed by atoms with Gasteiger partial charge in [-0.15, -0.1) is 0 Å². The van der Waals surface area contributed by atoms with Crippen molar-refractivity contribution in [3.05, 3.63) is 95.6 Å². The highest BCUT2D eigenvalue weighted by atomic mass is 16.5. The van der Waals surface area contributed by atoms with Gasteiger partial charge in [-0.05, 0) is 48.9 Å². The van der Waals surface area contributed by atoms with E-state index in [0.717, 1.165) is 6.42 Å². The van der Waals surface area contributed by atoms with E-state index in [2.05, 4.69) is 12.1 Å². The summed E-state index contributed by atoms with van der Waals surface area (Å²) < 4.78 is 11.1. The molecule has 0 aliphatic carbocycles. The molecule has 4 heteroatoms. The lowest BCUT2D eigenvalue weighted by Gasteiger charge is -2.09. The molecule has 3 aromatic rings. The third-order valence-electron chi connectivity index (χ3n) is 4.06. The Morgan fingerprint density at radius 1 is 0.815 bits per heavy atom. The van der Waals surface area contributed by atoms with Crippen molar-refractivity contribution >= 4 is 11.8 Å². The molecule has 0 saturated carbocycles. The maximum absolute atomic E-state index is 12.3. The molecule has 0 N–H and O–H groups in total. The molecule has 0 aromatic heterocycles. The number of ketones is 1. The van der Waals surface area contributed by atoms with E-state index in [9.17, 15) is 9.59 Å². The van der Waals surface area contributed by atoms with Gasteiger partial charge in [-0.25, -0.2) is 4.79 Å². The van der Waals surface area contributed by atoms with Crippen LogP contribution in [0.25, 0.3) is 0 Å². The van der Waals surface area contributed by atoms with Crippen molar-refractivity contribution in [1.29, 1.82) is 0 Å². The summed E-state index contributed by atoms with van der Waals surface area (Å²) in [6, 6.07) is 23.6. The normalized spacial score (nSPS) is 10.3. The van der Waals surface area contributed by atoms with E-state index in [0.29, 0.717) is 23.5 Å². The molecule has 0 saturated heterocycles. The zero-order chi connectivity index (χ0) is 19.1. The van der Waals surface area contributed by atoms with Crippen LogP contribution in [-0.4, -0.2) is 18.4 Å². The van der Waals surface area contributed by atoms with Crippen molar-refractivity contribution in [2.75, 3.05) is 6.61 Å². The smallest absolute Gasteiger partial charge is 0.343 e. The Hall–Kier alpha value is -3.40. The number of para-hydroxylation sites is 1. The van der Waals surface area contributed by atoms with Gasteiger partial charge in [-0.1, -0.05) is 42.5 Å². The number of rotatable bonds is 7. The van der Waals surface area contributed by atoms with Crippen LogP contribution in [0.2, 0.25) is 0 Å². The summed E-state index contributed by atoms with van der Waals surface area (Å²) in [7, 11) is 0. The van der Waals surface area contributed by atoms with Gasteiger partial charge in [0.05, 0.1) is 17.7 Å². The number of Topliss-reactive ketones (excluding diaryl/α,β-unsaturated/α-hetero) is 1. The standard InChI is InChI=1S/C23H20O4/c1-17(24)21-9-5-6-10-22(21)27-23(25)19-11-13-20(14-12-19)26-16-15-18-7-3-2-4-8-18/h2-14H,15-16H2,1H3. The van der Waals surface area contributed by atoms with Crippen molar-refractivity contribution in [3.8, 4) is 11.5 Å². The fourth-order valence-corrected chi connectivity index (χ4v) is 2.62. The molecular weight excluding hydrogens is 340 g/mol. The van der Waals surface area contributed by atoms with Gasteiger partial charge in [0.25, 0.3) is 0 Å². The van der Waals surface area contributed by atoms with Crippen LogP contribution in [0.15, 0.2) is 78.9 Å². The van der Waals surface area contributed by atoms with E-state index in [4.69, 9.17) is 9.47 Å². The Morgan fingerprint density at radius 2 is 1.48 bits per heavy atom. The molecule has 136 valence electrons. The van der Waals surface area contributed by atoms with Crippen LogP contribution in [0.5, 0.6) is 11.5 Å². The second-order valence-electron chi connectivity index (χ2n) is 6.05. The first kappa shape index (κ1) is 18.4. The quantitative estimate of drug-likeness (QED) is 0.347. The topological polar surface area (TPSA) is 52.6 Å². The molecule has 4 nitrogen and oxygen atoms in total. The van der Waals surface area contributed by atoms with Crippen LogP contribution in [0.1, 0.15) is 33.2 Å². The molecule has 0 aliphatic heterocycles. The van der Waals surface area contributed by atoms with Crippen LogP contribution in [-0.2, 0) is 6.42 Å². The molecule has 27 heavy (non-hydrogen) atoms. The highest BCUT2D eigenvalue weighted by Crippen LogP contribution is 2.21. The number of hydrogen-bond acceptors (Lipinski definition) is 4. The monoisotopic (exact) mass is 360 g/mol. The van der Waals surface area contributed by atoms with Crippen molar-refractivity contribution < 1.29 is 19.1 Å². The molecule has 0 radical (unpaired) electrons. The molecule has 0 atom stereocenters. The van der Waals surface area contributed by atoms with Gasteiger partial charge >= 0.3 is 5.97 Å². The molecule has 3 rings (SSSR count). The van der Waals surface area contributed by atoms with E-state index in [1.165, 1.54) is 12.5 Å². The van der Waals surface area contributed by atoms with E-state index >= 15 is 0 Å². The van der Waals surface area contributed by atoms with E-state index in [1.807, 2.05) is 18.2 Å². The molecule has 0 bridgehead atoms. The van der Waals surface area contributed by atoms with Crippen molar-refractivity contribution in [1.82, 2.24) is 0 Å². The van der Waals surface area contributed by atoms with E-state index < -0.39 is 5.97 Å². The van der Waals surface area contributed by atoms with Gasteiger partial charge < -0.3 is 9.47 Å². The third-order valence-corrected chi connectivity index (χ3v) is 4.06.